The number of amidine groups is 1. The van der Waals surface area contributed by atoms with Gasteiger partial charge in [0.1, 0.15) is 5.82 Å². The first kappa shape index (κ1) is 19.9. The lowest BCUT2D eigenvalue weighted by atomic mass is 9.80. The highest BCUT2D eigenvalue weighted by Crippen LogP contribution is 2.53. The third-order valence-electron chi connectivity index (χ3n) is 5.37. The number of hydrogen-bond acceptors (Lipinski definition) is 5. The average Bonchev–Trinajstić information content (AvgIpc) is 2.94. The van der Waals surface area contributed by atoms with E-state index in [0.717, 1.165) is 6.42 Å². The van der Waals surface area contributed by atoms with Gasteiger partial charge in [0.05, 0.1) is 11.6 Å². The molecule has 0 spiro atoms. The SMILES string of the molecule is CO[C@@H]1CC[C@]2(c3cc(N)ccc3F)N=C(N(C(=O)O)C(C)(C)C)SC[C@H]12. The summed E-state index contributed by atoms with van der Waals surface area (Å²) in [5.41, 5.74) is 5.27. The number of nitrogens with zero attached hydrogens (tertiary/aromatic N) is 2. The molecule has 1 aliphatic heterocycles. The second-order valence-corrected chi connectivity index (χ2v) is 9.06. The number of hydrogen-bond donors (Lipinski definition) is 2. The van der Waals surface area contributed by atoms with Gasteiger partial charge in [0, 0.05) is 35.6 Å². The molecule has 1 aromatic rings. The average molecular weight is 396 g/mol. The number of ether oxygens (including phenoxy) is 1. The molecule has 0 bridgehead atoms. The quantitative estimate of drug-likeness (QED) is 0.741. The van der Waals surface area contributed by atoms with Crippen molar-refractivity contribution in [2.45, 2.75) is 50.8 Å². The molecule has 1 amide bonds. The third-order valence-corrected chi connectivity index (χ3v) is 6.43. The molecular weight excluding hydrogens is 369 g/mol. The van der Waals surface area contributed by atoms with E-state index in [-0.39, 0.29) is 17.8 Å². The molecule has 2 aliphatic rings. The molecule has 0 radical (unpaired) electrons. The minimum Gasteiger partial charge on any atom is -0.465 e. The van der Waals surface area contributed by atoms with Crippen LogP contribution in [0.15, 0.2) is 23.2 Å². The third kappa shape index (κ3) is 3.40. The standard InChI is InChI=1S/C19H26FN3O3S/c1-18(2,3)23(17(24)25)16-22-19(12-9-11(21)5-6-14(12)20)8-7-15(26-4)13(19)10-27-16/h5-6,9,13,15H,7-8,10,21H2,1-4H3,(H,24,25)/t13-,15-,19-/m1/s1. The van der Waals surface area contributed by atoms with Gasteiger partial charge >= 0.3 is 6.09 Å². The van der Waals surface area contributed by atoms with Crippen molar-refractivity contribution in [3.63, 3.8) is 0 Å². The van der Waals surface area contributed by atoms with Crippen molar-refractivity contribution < 1.29 is 19.0 Å². The number of carboxylic acid groups (broad SMARTS) is 1. The lowest BCUT2D eigenvalue weighted by molar-refractivity contribution is 0.0640. The topological polar surface area (TPSA) is 88.2 Å². The van der Waals surface area contributed by atoms with Crippen molar-refractivity contribution in [3.8, 4) is 0 Å². The van der Waals surface area contributed by atoms with Gasteiger partial charge < -0.3 is 15.6 Å². The van der Waals surface area contributed by atoms with Crippen LogP contribution >= 0.6 is 11.8 Å². The Morgan fingerprint density at radius 2 is 2.19 bits per heavy atom. The van der Waals surface area contributed by atoms with Crippen LogP contribution in [0, 0.1) is 11.7 Å². The minimum absolute atomic E-state index is 0.0526. The highest BCUT2D eigenvalue weighted by atomic mass is 32.2. The molecule has 8 heteroatoms. The number of carbonyl (C=O) groups is 1. The summed E-state index contributed by atoms with van der Waals surface area (Å²) in [5.74, 6) is 0.174. The summed E-state index contributed by atoms with van der Waals surface area (Å²) < 4.78 is 20.5. The molecule has 1 fully saturated rings. The van der Waals surface area contributed by atoms with Gasteiger partial charge in [-0.1, -0.05) is 11.8 Å². The molecule has 3 N–H and O–H groups in total. The molecule has 0 aromatic heterocycles. The summed E-state index contributed by atoms with van der Waals surface area (Å²) in [4.78, 5) is 18.1. The highest BCUT2D eigenvalue weighted by Gasteiger charge is 2.54. The van der Waals surface area contributed by atoms with E-state index in [1.807, 2.05) is 20.8 Å². The maximum atomic E-state index is 14.8. The number of nitrogens with two attached hydrogens (primary N) is 1. The van der Waals surface area contributed by atoms with E-state index >= 15 is 0 Å². The Labute approximate surface area is 163 Å². The van der Waals surface area contributed by atoms with Crippen molar-refractivity contribution in [2.75, 3.05) is 18.6 Å². The zero-order valence-corrected chi connectivity index (χ0v) is 16.8. The Balaban J connectivity index is 2.19. The zero-order valence-electron chi connectivity index (χ0n) is 16.0. The number of rotatable bonds is 2. The smallest absolute Gasteiger partial charge is 0.413 e. The van der Waals surface area contributed by atoms with Gasteiger partial charge in [0.2, 0.25) is 0 Å². The van der Waals surface area contributed by atoms with Gasteiger partial charge in [-0.15, -0.1) is 0 Å². The lowest BCUT2D eigenvalue weighted by Gasteiger charge is -2.42. The predicted octanol–water partition coefficient (Wildman–Crippen LogP) is 3.91. The van der Waals surface area contributed by atoms with E-state index in [0.29, 0.717) is 28.6 Å². The Bertz CT molecular complexity index is 780. The Morgan fingerprint density at radius 3 is 2.78 bits per heavy atom. The number of aliphatic imine (C=N–C) groups is 1. The van der Waals surface area contributed by atoms with Crippen LogP contribution < -0.4 is 5.73 Å². The highest BCUT2D eigenvalue weighted by molar-refractivity contribution is 8.13. The molecule has 1 heterocycles. The van der Waals surface area contributed by atoms with Crippen LogP contribution in [0.2, 0.25) is 0 Å². The fourth-order valence-electron chi connectivity index (χ4n) is 4.13. The molecule has 0 unspecified atom stereocenters. The van der Waals surface area contributed by atoms with E-state index < -0.39 is 17.2 Å². The van der Waals surface area contributed by atoms with Crippen molar-refractivity contribution in [1.29, 1.82) is 0 Å². The summed E-state index contributed by atoms with van der Waals surface area (Å²) in [5, 5.41) is 10.2. The van der Waals surface area contributed by atoms with Crippen LogP contribution in [-0.2, 0) is 10.3 Å². The van der Waals surface area contributed by atoms with Crippen LogP contribution in [0.25, 0.3) is 0 Å². The van der Waals surface area contributed by atoms with Crippen molar-refractivity contribution in [3.05, 3.63) is 29.6 Å². The van der Waals surface area contributed by atoms with Gasteiger partial charge in [-0.05, 0) is 51.8 Å². The Kier molecular flexibility index (Phi) is 5.16. The number of fused-ring (bicyclic) bond motifs is 1. The second-order valence-electron chi connectivity index (χ2n) is 8.08. The number of halogens is 1. The fraction of sp³-hybridized carbons (Fsp3) is 0.579. The first-order valence-electron chi connectivity index (χ1n) is 8.94. The van der Waals surface area contributed by atoms with Gasteiger partial charge in [-0.3, -0.25) is 4.90 Å². The Hall–Kier alpha value is -1.80. The van der Waals surface area contributed by atoms with Crippen LogP contribution in [0.1, 0.15) is 39.2 Å². The first-order valence-corrected chi connectivity index (χ1v) is 9.93. The number of benzene rings is 1. The van der Waals surface area contributed by atoms with E-state index in [4.69, 9.17) is 15.5 Å². The summed E-state index contributed by atoms with van der Waals surface area (Å²) in [6, 6.07) is 4.50. The van der Waals surface area contributed by atoms with Crippen LogP contribution in [0.5, 0.6) is 0 Å². The normalized spacial score (nSPS) is 27.8. The van der Waals surface area contributed by atoms with E-state index in [1.165, 1.54) is 28.8 Å². The molecule has 27 heavy (non-hydrogen) atoms. The molecule has 3 rings (SSSR count). The van der Waals surface area contributed by atoms with Crippen LogP contribution in [0.3, 0.4) is 0 Å². The van der Waals surface area contributed by atoms with Crippen molar-refractivity contribution in [2.24, 2.45) is 10.9 Å². The predicted molar refractivity (Wildman–Crippen MR) is 106 cm³/mol. The monoisotopic (exact) mass is 395 g/mol. The summed E-state index contributed by atoms with van der Waals surface area (Å²) in [7, 11) is 1.65. The molecule has 1 aliphatic carbocycles. The van der Waals surface area contributed by atoms with Gasteiger partial charge in [0.25, 0.3) is 0 Å². The lowest BCUT2D eigenvalue weighted by Crippen LogP contribution is -2.51. The summed E-state index contributed by atoms with van der Waals surface area (Å²) in [6.07, 6.45) is 0.182. The fourth-order valence-corrected chi connectivity index (χ4v) is 5.66. The maximum Gasteiger partial charge on any atom is 0.413 e. The van der Waals surface area contributed by atoms with Crippen molar-refractivity contribution in [1.82, 2.24) is 4.90 Å². The number of nitrogen functional groups attached to an aromatic ring is 1. The number of amides is 1. The van der Waals surface area contributed by atoms with Gasteiger partial charge in [-0.2, -0.15) is 0 Å². The molecule has 1 saturated carbocycles. The van der Waals surface area contributed by atoms with Crippen LogP contribution in [0.4, 0.5) is 14.9 Å². The molecule has 148 valence electrons. The van der Waals surface area contributed by atoms with Gasteiger partial charge in [-0.25, -0.2) is 14.2 Å². The Morgan fingerprint density at radius 1 is 1.48 bits per heavy atom. The summed E-state index contributed by atoms with van der Waals surface area (Å²) >= 11 is 1.39. The number of anilines is 1. The molecule has 0 saturated heterocycles. The molecule has 1 aromatic carbocycles. The van der Waals surface area contributed by atoms with E-state index in [1.54, 1.807) is 13.2 Å². The van der Waals surface area contributed by atoms with Gasteiger partial charge in [0.15, 0.2) is 5.17 Å². The molecule has 6 nitrogen and oxygen atoms in total. The second kappa shape index (κ2) is 6.98. The molecular formula is C19H26FN3O3S. The zero-order chi connectivity index (χ0) is 20.0. The largest absolute Gasteiger partial charge is 0.465 e. The van der Waals surface area contributed by atoms with E-state index in [2.05, 4.69) is 0 Å². The maximum absolute atomic E-state index is 14.8. The summed E-state index contributed by atoms with van der Waals surface area (Å²) in [6.45, 7) is 5.45. The number of methoxy groups -OCH3 is 1. The first-order chi connectivity index (χ1) is 12.6. The van der Waals surface area contributed by atoms with Crippen molar-refractivity contribution >= 4 is 28.7 Å². The van der Waals surface area contributed by atoms with Crippen LogP contribution in [-0.4, -0.2) is 45.8 Å². The van der Waals surface area contributed by atoms with E-state index in [9.17, 15) is 14.3 Å². The minimum atomic E-state index is -1.07. The molecule has 3 atom stereocenters. The number of thioether (sulfide) groups is 1.